The van der Waals surface area contributed by atoms with Gasteiger partial charge in [-0.15, -0.1) is 0 Å². The highest BCUT2D eigenvalue weighted by Gasteiger charge is 2.37. The van der Waals surface area contributed by atoms with Crippen LogP contribution in [0.25, 0.3) is 0 Å². The van der Waals surface area contributed by atoms with Crippen LogP contribution in [0.3, 0.4) is 0 Å². The molecule has 2 nitrogen and oxygen atoms in total. The Bertz CT molecular complexity index is 358. The molecule has 1 heterocycles. The normalized spacial score (nSPS) is 30.2. The largest absolute Gasteiger partial charge is 0.374 e. The topological polar surface area (TPSA) is 21.3 Å². The van der Waals surface area contributed by atoms with Crippen molar-refractivity contribution in [3.63, 3.8) is 0 Å². The van der Waals surface area contributed by atoms with Crippen molar-refractivity contribution in [2.24, 2.45) is 5.41 Å². The first-order valence-corrected chi connectivity index (χ1v) is 6.34. The third-order valence-electron chi connectivity index (χ3n) is 3.63. The molecule has 0 aliphatic carbocycles. The van der Waals surface area contributed by atoms with Crippen LogP contribution in [0.5, 0.6) is 0 Å². The van der Waals surface area contributed by atoms with Gasteiger partial charge in [0, 0.05) is 6.54 Å². The van der Waals surface area contributed by atoms with E-state index < -0.39 is 0 Å². The lowest BCUT2D eigenvalue weighted by atomic mass is 9.85. The Labute approximate surface area is 104 Å². The number of morpholine rings is 1. The Morgan fingerprint density at radius 2 is 1.88 bits per heavy atom. The van der Waals surface area contributed by atoms with E-state index in [0.717, 1.165) is 13.2 Å². The first-order valence-electron chi connectivity index (χ1n) is 6.34. The van der Waals surface area contributed by atoms with Crippen molar-refractivity contribution in [3.05, 3.63) is 35.9 Å². The molecule has 0 amide bonds. The third-order valence-corrected chi connectivity index (χ3v) is 3.63. The zero-order valence-corrected chi connectivity index (χ0v) is 11.3. The molecule has 2 heteroatoms. The molecule has 1 saturated heterocycles. The number of nitrogens with one attached hydrogen (secondary N) is 1. The van der Waals surface area contributed by atoms with E-state index in [1.807, 2.05) is 0 Å². The molecular weight excluding hydrogens is 210 g/mol. The summed E-state index contributed by atoms with van der Waals surface area (Å²) in [5.74, 6) is 0. The molecule has 0 radical (unpaired) electrons. The van der Waals surface area contributed by atoms with Crippen molar-refractivity contribution in [2.45, 2.75) is 39.3 Å². The van der Waals surface area contributed by atoms with Gasteiger partial charge in [0.2, 0.25) is 0 Å². The zero-order valence-electron chi connectivity index (χ0n) is 11.3. The van der Waals surface area contributed by atoms with Gasteiger partial charge in [0.15, 0.2) is 0 Å². The van der Waals surface area contributed by atoms with Gasteiger partial charge in [0.25, 0.3) is 0 Å². The van der Waals surface area contributed by atoms with Crippen LogP contribution in [0, 0.1) is 5.41 Å². The van der Waals surface area contributed by atoms with Crippen LogP contribution in [0.15, 0.2) is 30.3 Å². The lowest BCUT2D eigenvalue weighted by molar-refractivity contribution is -0.0784. The maximum absolute atomic E-state index is 6.05. The van der Waals surface area contributed by atoms with Crippen LogP contribution in [0.2, 0.25) is 0 Å². The van der Waals surface area contributed by atoms with E-state index in [2.05, 4.69) is 63.3 Å². The van der Waals surface area contributed by atoms with Crippen LogP contribution in [-0.2, 0) is 10.3 Å². The van der Waals surface area contributed by atoms with Crippen molar-refractivity contribution < 1.29 is 4.74 Å². The molecule has 2 unspecified atom stereocenters. The Balaban J connectivity index is 2.08. The second kappa shape index (κ2) is 4.43. The minimum Gasteiger partial charge on any atom is -0.374 e. The molecular formula is C15H23NO. The summed E-state index contributed by atoms with van der Waals surface area (Å²) in [6, 6.07) is 10.5. The van der Waals surface area contributed by atoms with Gasteiger partial charge in [-0.05, 0) is 17.9 Å². The fraction of sp³-hybridized carbons (Fsp3) is 0.600. The molecule has 94 valence electrons. The molecule has 1 aromatic rings. The van der Waals surface area contributed by atoms with Crippen molar-refractivity contribution in [1.29, 1.82) is 0 Å². The monoisotopic (exact) mass is 233 g/mol. The van der Waals surface area contributed by atoms with Crippen molar-refractivity contribution >= 4 is 0 Å². The summed E-state index contributed by atoms with van der Waals surface area (Å²) in [7, 11) is 0. The highest BCUT2D eigenvalue weighted by molar-refractivity contribution is 5.24. The fourth-order valence-corrected chi connectivity index (χ4v) is 2.24. The van der Waals surface area contributed by atoms with E-state index >= 15 is 0 Å². The highest BCUT2D eigenvalue weighted by Crippen LogP contribution is 2.30. The van der Waals surface area contributed by atoms with E-state index in [0.29, 0.717) is 6.10 Å². The number of hydrogen-bond acceptors (Lipinski definition) is 2. The third kappa shape index (κ3) is 2.70. The second-order valence-electron chi connectivity index (χ2n) is 6.24. The summed E-state index contributed by atoms with van der Waals surface area (Å²) in [6.07, 6.45) is 0.291. The SMILES string of the molecule is CC1(c2ccccc2)COC(C(C)(C)C)CN1. The molecule has 1 aliphatic heterocycles. The van der Waals surface area contributed by atoms with Crippen molar-refractivity contribution in [1.82, 2.24) is 5.32 Å². The molecule has 17 heavy (non-hydrogen) atoms. The summed E-state index contributed by atoms with van der Waals surface area (Å²) in [4.78, 5) is 0. The lowest BCUT2D eigenvalue weighted by Crippen LogP contribution is -2.56. The second-order valence-corrected chi connectivity index (χ2v) is 6.24. The predicted octanol–water partition coefficient (Wildman–Crippen LogP) is 2.94. The molecule has 2 atom stereocenters. The van der Waals surface area contributed by atoms with Gasteiger partial charge in [-0.2, -0.15) is 0 Å². The van der Waals surface area contributed by atoms with Crippen LogP contribution < -0.4 is 5.32 Å². The lowest BCUT2D eigenvalue weighted by Gasteiger charge is -2.43. The Kier molecular flexibility index (Phi) is 3.28. The van der Waals surface area contributed by atoms with Crippen LogP contribution >= 0.6 is 0 Å². The highest BCUT2D eigenvalue weighted by atomic mass is 16.5. The molecule has 0 bridgehead atoms. The summed E-state index contributed by atoms with van der Waals surface area (Å²) in [6.45, 7) is 10.5. The van der Waals surface area contributed by atoms with Gasteiger partial charge in [-0.25, -0.2) is 0 Å². The molecule has 0 saturated carbocycles. The van der Waals surface area contributed by atoms with Crippen molar-refractivity contribution in [2.75, 3.05) is 13.2 Å². The number of hydrogen-bond donors (Lipinski definition) is 1. The average molecular weight is 233 g/mol. The van der Waals surface area contributed by atoms with Crippen LogP contribution in [0.1, 0.15) is 33.3 Å². The van der Waals surface area contributed by atoms with Gasteiger partial charge in [-0.1, -0.05) is 51.1 Å². The van der Waals surface area contributed by atoms with Crippen LogP contribution in [0.4, 0.5) is 0 Å². The van der Waals surface area contributed by atoms with Gasteiger partial charge in [-0.3, -0.25) is 0 Å². The Hall–Kier alpha value is -0.860. The predicted molar refractivity (Wildman–Crippen MR) is 71.0 cm³/mol. The zero-order chi connectivity index (χ0) is 12.5. The molecule has 0 spiro atoms. The minimum atomic E-state index is -0.0526. The van der Waals surface area contributed by atoms with Gasteiger partial charge >= 0.3 is 0 Å². The molecule has 1 aromatic carbocycles. The van der Waals surface area contributed by atoms with Crippen LogP contribution in [-0.4, -0.2) is 19.3 Å². The van der Waals surface area contributed by atoms with E-state index in [4.69, 9.17) is 4.74 Å². The molecule has 1 aliphatic rings. The molecule has 0 aromatic heterocycles. The van der Waals surface area contributed by atoms with E-state index in [1.165, 1.54) is 5.56 Å². The van der Waals surface area contributed by atoms with Gasteiger partial charge in [0.05, 0.1) is 18.2 Å². The van der Waals surface area contributed by atoms with E-state index in [1.54, 1.807) is 0 Å². The Morgan fingerprint density at radius 3 is 2.35 bits per heavy atom. The quantitative estimate of drug-likeness (QED) is 0.805. The number of rotatable bonds is 1. The Morgan fingerprint density at radius 1 is 1.24 bits per heavy atom. The molecule has 1 fully saturated rings. The van der Waals surface area contributed by atoms with E-state index in [-0.39, 0.29) is 11.0 Å². The summed E-state index contributed by atoms with van der Waals surface area (Å²) >= 11 is 0. The summed E-state index contributed by atoms with van der Waals surface area (Å²) < 4.78 is 6.05. The van der Waals surface area contributed by atoms with Gasteiger partial charge in [0.1, 0.15) is 0 Å². The maximum Gasteiger partial charge on any atom is 0.0749 e. The number of benzene rings is 1. The maximum atomic E-state index is 6.05. The fourth-order valence-electron chi connectivity index (χ4n) is 2.24. The van der Waals surface area contributed by atoms with Crippen molar-refractivity contribution in [3.8, 4) is 0 Å². The smallest absolute Gasteiger partial charge is 0.0749 e. The molecule has 2 rings (SSSR count). The van der Waals surface area contributed by atoms with E-state index in [9.17, 15) is 0 Å². The average Bonchev–Trinajstić information content (AvgIpc) is 2.29. The summed E-state index contributed by atoms with van der Waals surface area (Å²) in [5, 5.41) is 3.64. The number of ether oxygens (including phenoxy) is 1. The van der Waals surface area contributed by atoms with Gasteiger partial charge < -0.3 is 10.1 Å². The summed E-state index contributed by atoms with van der Waals surface area (Å²) in [5.41, 5.74) is 1.45. The first-order chi connectivity index (χ1) is 7.92. The first kappa shape index (κ1) is 12.6. The molecule has 1 N–H and O–H groups in total. The minimum absolute atomic E-state index is 0.0526. The standard InChI is InChI=1S/C15H23NO/c1-14(2,3)13-10-16-15(4,11-17-13)12-8-6-5-7-9-12/h5-9,13,16H,10-11H2,1-4H3.